The van der Waals surface area contributed by atoms with Crippen LogP contribution in [0.4, 0.5) is 0 Å². The second kappa shape index (κ2) is 5.67. The number of morpholine rings is 1. The van der Waals surface area contributed by atoms with E-state index in [9.17, 15) is 9.59 Å². The zero-order chi connectivity index (χ0) is 13.1. The summed E-state index contributed by atoms with van der Waals surface area (Å²) in [7, 11) is 0. The molecule has 2 aliphatic heterocycles. The van der Waals surface area contributed by atoms with Crippen molar-refractivity contribution in [3.05, 3.63) is 0 Å². The lowest BCUT2D eigenvalue weighted by molar-refractivity contribution is -0.149. The van der Waals surface area contributed by atoms with Gasteiger partial charge in [-0.1, -0.05) is 0 Å². The van der Waals surface area contributed by atoms with E-state index in [0.29, 0.717) is 19.8 Å². The number of nitrogens with zero attached hydrogens (tertiary/aromatic N) is 1. The van der Waals surface area contributed by atoms with Gasteiger partial charge in [0.05, 0.1) is 31.6 Å². The molecule has 0 bridgehead atoms. The molecule has 0 aromatic rings. The molecule has 0 radical (unpaired) electrons. The first-order chi connectivity index (χ1) is 8.59. The standard InChI is InChI=1S/C12H20N2O4/c1-8-10(2-3-13-8)12(17)14-4-5-18-7-9(14)6-11(15)16/h8-10,13H,2-7H2,1H3,(H,15,16). The summed E-state index contributed by atoms with van der Waals surface area (Å²) in [5.41, 5.74) is 0. The highest BCUT2D eigenvalue weighted by atomic mass is 16.5. The van der Waals surface area contributed by atoms with E-state index in [1.165, 1.54) is 0 Å². The molecule has 2 fully saturated rings. The number of ether oxygens (including phenoxy) is 1. The normalized spacial score (nSPS) is 32.5. The van der Waals surface area contributed by atoms with Crippen molar-refractivity contribution in [3.8, 4) is 0 Å². The van der Waals surface area contributed by atoms with E-state index in [2.05, 4.69) is 5.32 Å². The molecular weight excluding hydrogens is 236 g/mol. The lowest BCUT2D eigenvalue weighted by Gasteiger charge is -2.37. The monoisotopic (exact) mass is 256 g/mol. The summed E-state index contributed by atoms with van der Waals surface area (Å²) < 4.78 is 5.28. The number of carboxylic acids is 1. The highest BCUT2D eigenvalue weighted by molar-refractivity contribution is 5.81. The van der Waals surface area contributed by atoms with Crippen LogP contribution in [0.3, 0.4) is 0 Å². The van der Waals surface area contributed by atoms with Crippen LogP contribution in [0.2, 0.25) is 0 Å². The van der Waals surface area contributed by atoms with Crippen LogP contribution in [0.5, 0.6) is 0 Å². The molecule has 18 heavy (non-hydrogen) atoms. The van der Waals surface area contributed by atoms with Crippen LogP contribution < -0.4 is 5.32 Å². The summed E-state index contributed by atoms with van der Waals surface area (Å²) in [6.07, 6.45) is 0.789. The van der Waals surface area contributed by atoms with Gasteiger partial charge in [-0.2, -0.15) is 0 Å². The predicted octanol–water partition coefficient (Wildman–Crippen LogP) is -0.313. The van der Waals surface area contributed by atoms with Crippen molar-refractivity contribution in [3.63, 3.8) is 0 Å². The molecular formula is C12H20N2O4. The molecule has 6 heteroatoms. The molecule has 2 rings (SSSR count). The van der Waals surface area contributed by atoms with E-state index >= 15 is 0 Å². The third-order valence-corrected chi connectivity index (χ3v) is 3.76. The Labute approximate surface area is 106 Å². The van der Waals surface area contributed by atoms with Gasteiger partial charge in [0, 0.05) is 12.6 Å². The number of aliphatic carboxylic acids is 1. The molecule has 2 saturated heterocycles. The maximum atomic E-state index is 12.4. The van der Waals surface area contributed by atoms with E-state index in [1.54, 1.807) is 4.90 Å². The number of hydrogen-bond acceptors (Lipinski definition) is 4. The largest absolute Gasteiger partial charge is 0.481 e. The van der Waals surface area contributed by atoms with Crippen LogP contribution in [0, 0.1) is 5.92 Å². The van der Waals surface area contributed by atoms with Crippen molar-refractivity contribution in [1.29, 1.82) is 0 Å². The van der Waals surface area contributed by atoms with Gasteiger partial charge in [0.25, 0.3) is 0 Å². The molecule has 1 amide bonds. The number of rotatable bonds is 3. The van der Waals surface area contributed by atoms with Gasteiger partial charge in [0.2, 0.25) is 5.91 Å². The maximum Gasteiger partial charge on any atom is 0.305 e. The number of carboxylic acid groups (broad SMARTS) is 1. The Hall–Kier alpha value is -1.14. The van der Waals surface area contributed by atoms with Crippen LogP contribution in [-0.4, -0.2) is 60.3 Å². The Kier molecular flexibility index (Phi) is 4.19. The van der Waals surface area contributed by atoms with Crippen molar-refractivity contribution in [2.75, 3.05) is 26.3 Å². The van der Waals surface area contributed by atoms with Crippen molar-refractivity contribution >= 4 is 11.9 Å². The summed E-state index contributed by atoms with van der Waals surface area (Å²) in [6.45, 7) is 4.18. The smallest absolute Gasteiger partial charge is 0.305 e. The molecule has 0 aromatic carbocycles. The minimum absolute atomic E-state index is 0.0283. The number of hydrogen-bond donors (Lipinski definition) is 2. The molecule has 0 spiro atoms. The van der Waals surface area contributed by atoms with E-state index in [0.717, 1.165) is 13.0 Å². The van der Waals surface area contributed by atoms with Crippen molar-refractivity contribution in [2.24, 2.45) is 5.92 Å². The first kappa shape index (κ1) is 13.3. The summed E-state index contributed by atoms with van der Waals surface area (Å²) in [4.78, 5) is 25.0. The molecule has 0 aromatic heterocycles. The fraction of sp³-hybridized carbons (Fsp3) is 0.833. The Morgan fingerprint density at radius 2 is 2.28 bits per heavy atom. The average Bonchev–Trinajstić information content (AvgIpc) is 2.74. The number of nitrogens with one attached hydrogen (secondary N) is 1. The average molecular weight is 256 g/mol. The maximum absolute atomic E-state index is 12.4. The minimum Gasteiger partial charge on any atom is -0.481 e. The van der Waals surface area contributed by atoms with Gasteiger partial charge in [-0.15, -0.1) is 0 Å². The Morgan fingerprint density at radius 1 is 1.50 bits per heavy atom. The molecule has 102 valence electrons. The zero-order valence-electron chi connectivity index (χ0n) is 10.6. The highest BCUT2D eigenvalue weighted by Crippen LogP contribution is 2.21. The fourth-order valence-electron chi connectivity index (χ4n) is 2.72. The van der Waals surface area contributed by atoms with Gasteiger partial charge in [-0.25, -0.2) is 0 Å². The van der Waals surface area contributed by atoms with Gasteiger partial charge >= 0.3 is 5.97 Å². The molecule has 0 aliphatic carbocycles. The van der Waals surface area contributed by atoms with Crippen LogP contribution in [0.1, 0.15) is 19.8 Å². The third kappa shape index (κ3) is 2.81. The highest BCUT2D eigenvalue weighted by Gasteiger charge is 2.37. The number of carbonyl (C=O) groups is 2. The lowest BCUT2D eigenvalue weighted by atomic mass is 9.98. The number of carbonyl (C=O) groups excluding carboxylic acids is 1. The van der Waals surface area contributed by atoms with E-state index in [1.807, 2.05) is 6.92 Å². The lowest BCUT2D eigenvalue weighted by Crippen LogP contribution is -2.52. The van der Waals surface area contributed by atoms with Gasteiger partial charge in [-0.05, 0) is 19.9 Å². The van der Waals surface area contributed by atoms with E-state index < -0.39 is 5.97 Å². The van der Waals surface area contributed by atoms with Gasteiger partial charge in [0.1, 0.15) is 0 Å². The van der Waals surface area contributed by atoms with Gasteiger partial charge < -0.3 is 20.1 Å². The SMILES string of the molecule is CC1NCCC1C(=O)N1CCOCC1CC(=O)O. The summed E-state index contributed by atoms with van der Waals surface area (Å²) >= 11 is 0. The van der Waals surface area contributed by atoms with E-state index in [4.69, 9.17) is 9.84 Å². The quantitative estimate of drug-likeness (QED) is 0.724. The van der Waals surface area contributed by atoms with Gasteiger partial charge in [-0.3, -0.25) is 9.59 Å². The second-order valence-corrected chi connectivity index (χ2v) is 5.00. The third-order valence-electron chi connectivity index (χ3n) is 3.76. The molecule has 3 atom stereocenters. The Bertz CT molecular complexity index is 334. The molecule has 2 heterocycles. The second-order valence-electron chi connectivity index (χ2n) is 5.00. The summed E-state index contributed by atoms with van der Waals surface area (Å²) in [5, 5.41) is 12.1. The molecule has 2 aliphatic rings. The topological polar surface area (TPSA) is 78.9 Å². The van der Waals surface area contributed by atoms with Crippen LogP contribution in [0.25, 0.3) is 0 Å². The van der Waals surface area contributed by atoms with Crippen molar-refractivity contribution < 1.29 is 19.4 Å². The molecule has 0 saturated carbocycles. The minimum atomic E-state index is -0.888. The van der Waals surface area contributed by atoms with Crippen molar-refractivity contribution in [1.82, 2.24) is 10.2 Å². The zero-order valence-corrected chi connectivity index (χ0v) is 10.6. The molecule has 3 unspecified atom stereocenters. The van der Waals surface area contributed by atoms with Crippen LogP contribution in [-0.2, 0) is 14.3 Å². The fourth-order valence-corrected chi connectivity index (χ4v) is 2.72. The molecule has 2 N–H and O–H groups in total. The molecule has 6 nitrogen and oxygen atoms in total. The van der Waals surface area contributed by atoms with Crippen molar-refractivity contribution in [2.45, 2.75) is 31.8 Å². The van der Waals surface area contributed by atoms with Crippen LogP contribution in [0.15, 0.2) is 0 Å². The Balaban J connectivity index is 2.03. The summed E-state index contributed by atoms with van der Waals surface area (Å²) in [6, 6.07) is -0.151. The summed E-state index contributed by atoms with van der Waals surface area (Å²) in [5.74, 6) is -0.845. The predicted molar refractivity (Wildman–Crippen MR) is 64.1 cm³/mol. The number of amides is 1. The Morgan fingerprint density at radius 3 is 2.89 bits per heavy atom. The van der Waals surface area contributed by atoms with Gasteiger partial charge in [0.15, 0.2) is 0 Å². The van der Waals surface area contributed by atoms with Crippen LogP contribution >= 0.6 is 0 Å². The van der Waals surface area contributed by atoms with E-state index in [-0.39, 0.29) is 30.3 Å². The first-order valence-corrected chi connectivity index (χ1v) is 6.43. The first-order valence-electron chi connectivity index (χ1n) is 6.43.